The molecule has 32 heavy (non-hydrogen) atoms. The minimum absolute atomic E-state index is 0.0385. The van der Waals surface area contributed by atoms with Crippen LogP contribution >= 0.6 is 35.0 Å². The van der Waals surface area contributed by atoms with Crippen LogP contribution in [0.2, 0.25) is 10.0 Å². The molecule has 0 bridgehead atoms. The number of fused-ring (bicyclic) bond motifs is 1. The summed E-state index contributed by atoms with van der Waals surface area (Å²) in [7, 11) is 0. The monoisotopic (exact) mass is 483 g/mol. The highest BCUT2D eigenvalue weighted by atomic mass is 35.5. The van der Waals surface area contributed by atoms with Crippen LogP contribution in [0, 0.1) is 19.3 Å². The Bertz CT molecular complexity index is 1390. The van der Waals surface area contributed by atoms with E-state index in [-0.39, 0.29) is 11.4 Å². The van der Waals surface area contributed by atoms with Crippen molar-refractivity contribution in [2.24, 2.45) is 10.1 Å². The number of aryl methyl sites for hydroxylation is 1. The maximum atomic E-state index is 12.8. The Morgan fingerprint density at radius 1 is 1.19 bits per heavy atom. The molecule has 1 aromatic carbocycles. The number of furan rings is 1. The van der Waals surface area contributed by atoms with Gasteiger partial charge < -0.3 is 8.98 Å². The van der Waals surface area contributed by atoms with Gasteiger partial charge in [0, 0.05) is 16.4 Å². The summed E-state index contributed by atoms with van der Waals surface area (Å²) in [6.07, 6.45) is 3.21. The zero-order valence-corrected chi connectivity index (χ0v) is 19.2. The third-order valence-electron chi connectivity index (χ3n) is 5.11. The average Bonchev–Trinajstić information content (AvgIpc) is 3.46. The van der Waals surface area contributed by atoms with Gasteiger partial charge in [0.2, 0.25) is 5.17 Å². The minimum atomic E-state index is -0.487. The van der Waals surface area contributed by atoms with Crippen molar-refractivity contribution in [3.8, 4) is 5.69 Å². The van der Waals surface area contributed by atoms with Gasteiger partial charge in [-0.2, -0.15) is 15.1 Å². The average molecular weight is 484 g/mol. The van der Waals surface area contributed by atoms with E-state index in [9.17, 15) is 4.79 Å². The van der Waals surface area contributed by atoms with Crippen molar-refractivity contribution in [2.75, 3.05) is 0 Å². The highest BCUT2D eigenvalue weighted by Crippen LogP contribution is 2.33. The number of carbonyl (C=O) groups excluding carboxylic acids is 1. The molecular formula is C22H15Cl2N5O2S. The Hall–Kier alpha value is -3.07. The summed E-state index contributed by atoms with van der Waals surface area (Å²) in [6.45, 7) is 3.87. The molecule has 0 saturated heterocycles. The molecule has 0 radical (unpaired) electrons. The fourth-order valence-corrected chi connectivity index (χ4v) is 4.97. The highest BCUT2D eigenvalue weighted by Gasteiger charge is 2.36. The summed E-state index contributed by atoms with van der Waals surface area (Å²) in [5, 5.41) is 16.3. The standard InChI is InChI=1S/C22H15Cl2N5O2S/c1-11-8-13(12(2)28(11)17-6-5-14(23)10-16(17)24)9-15-19(25)29-22(26-20(15)30)32-21(27-29)18-4-3-7-31-18/h3-10,25H,1-2H3. The number of amidine groups is 2. The molecule has 2 aromatic heterocycles. The molecule has 2 aliphatic rings. The number of thioether (sulfide) groups is 1. The highest BCUT2D eigenvalue weighted by molar-refractivity contribution is 8.27. The number of benzene rings is 1. The number of hydrogen-bond acceptors (Lipinski definition) is 5. The first kappa shape index (κ1) is 20.8. The maximum absolute atomic E-state index is 12.8. The largest absolute Gasteiger partial charge is 0.462 e. The fraction of sp³-hybridized carbons (Fsp3) is 0.0909. The number of nitrogens with one attached hydrogen (secondary N) is 1. The number of nitrogens with zero attached hydrogens (tertiary/aromatic N) is 4. The molecule has 160 valence electrons. The van der Waals surface area contributed by atoms with Crippen molar-refractivity contribution in [3.05, 3.63) is 81.0 Å². The minimum Gasteiger partial charge on any atom is -0.462 e. The van der Waals surface area contributed by atoms with E-state index in [0.29, 0.717) is 26.0 Å². The second kappa shape index (κ2) is 7.81. The van der Waals surface area contributed by atoms with E-state index in [2.05, 4.69) is 10.1 Å². The van der Waals surface area contributed by atoms with Gasteiger partial charge in [-0.3, -0.25) is 10.2 Å². The Balaban J connectivity index is 1.54. The SMILES string of the molecule is Cc1cc(C=C2C(=N)N3N=C(c4ccco4)SC3=NC2=O)c(C)n1-c1ccc(Cl)cc1Cl. The lowest BCUT2D eigenvalue weighted by Gasteiger charge is -2.20. The van der Waals surface area contributed by atoms with Crippen molar-refractivity contribution < 1.29 is 9.21 Å². The summed E-state index contributed by atoms with van der Waals surface area (Å²) in [5.74, 6) is 0.0311. The van der Waals surface area contributed by atoms with Crippen LogP contribution in [-0.4, -0.2) is 31.5 Å². The van der Waals surface area contributed by atoms with Crippen molar-refractivity contribution in [1.82, 2.24) is 9.58 Å². The normalized spacial score (nSPS) is 17.1. The molecular weight excluding hydrogens is 469 g/mol. The summed E-state index contributed by atoms with van der Waals surface area (Å²) < 4.78 is 7.36. The van der Waals surface area contributed by atoms with Crippen LogP contribution in [0.25, 0.3) is 11.8 Å². The molecule has 0 spiro atoms. The third-order valence-corrected chi connectivity index (χ3v) is 6.57. The molecule has 0 atom stereocenters. The predicted molar refractivity (Wildman–Crippen MR) is 128 cm³/mol. The Morgan fingerprint density at radius 3 is 2.72 bits per heavy atom. The fourth-order valence-electron chi connectivity index (χ4n) is 3.61. The van der Waals surface area contributed by atoms with Crippen molar-refractivity contribution in [1.29, 1.82) is 5.41 Å². The molecule has 4 heterocycles. The molecule has 1 N–H and O–H groups in total. The second-order valence-electron chi connectivity index (χ2n) is 7.16. The number of aliphatic imine (C=N–C) groups is 1. The van der Waals surface area contributed by atoms with Gasteiger partial charge in [-0.05, 0) is 73.6 Å². The van der Waals surface area contributed by atoms with Crippen LogP contribution in [0.1, 0.15) is 22.7 Å². The third kappa shape index (κ3) is 3.40. The molecule has 1 amide bonds. The predicted octanol–water partition coefficient (Wildman–Crippen LogP) is 5.66. The molecule has 0 unspecified atom stereocenters. The number of halogens is 2. The van der Waals surface area contributed by atoms with E-state index in [1.165, 1.54) is 16.8 Å². The molecule has 3 aromatic rings. The smallest absolute Gasteiger partial charge is 0.283 e. The number of amides is 1. The number of hydrazone groups is 1. The summed E-state index contributed by atoms with van der Waals surface area (Å²) in [6, 6.07) is 10.8. The van der Waals surface area contributed by atoms with Crippen molar-refractivity contribution in [2.45, 2.75) is 13.8 Å². The van der Waals surface area contributed by atoms with Crippen LogP contribution in [-0.2, 0) is 4.79 Å². The molecule has 0 saturated carbocycles. The Labute approximate surface area is 197 Å². The van der Waals surface area contributed by atoms with Crippen molar-refractivity contribution in [3.63, 3.8) is 0 Å². The zero-order valence-electron chi connectivity index (χ0n) is 16.9. The van der Waals surface area contributed by atoms with E-state index in [4.69, 9.17) is 33.0 Å². The lowest BCUT2D eigenvalue weighted by atomic mass is 10.1. The summed E-state index contributed by atoms with van der Waals surface area (Å²) in [5.41, 5.74) is 3.51. The van der Waals surface area contributed by atoms with E-state index >= 15 is 0 Å². The van der Waals surface area contributed by atoms with Gasteiger partial charge in [-0.1, -0.05) is 23.2 Å². The first-order chi connectivity index (χ1) is 15.3. The number of hydrogen-bond donors (Lipinski definition) is 1. The quantitative estimate of drug-likeness (QED) is 0.486. The molecule has 0 fully saturated rings. The van der Waals surface area contributed by atoms with Gasteiger partial charge in [0.1, 0.15) is 0 Å². The van der Waals surface area contributed by atoms with Crippen LogP contribution in [0.4, 0.5) is 0 Å². The zero-order chi connectivity index (χ0) is 22.6. The lowest BCUT2D eigenvalue weighted by Crippen LogP contribution is -2.35. The van der Waals surface area contributed by atoms with Gasteiger partial charge in [0.15, 0.2) is 16.6 Å². The Kier molecular flexibility index (Phi) is 5.08. The van der Waals surface area contributed by atoms with Gasteiger partial charge in [-0.25, -0.2) is 0 Å². The van der Waals surface area contributed by atoms with Crippen LogP contribution < -0.4 is 0 Å². The van der Waals surface area contributed by atoms with Gasteiger partial charge in [-0.15, -0.1) is 0 Å². The van der Waals surface area contributed by atoms with Crippen LogP contribution in [0.5, 0.6) is 0 Å². The maximum Gasteiger partial charge on any atom is 0.283 e. The number of aromatic nitrogens is 1. The molecule has 7 nitrogen and oxygen atoms in total. The molecule has 10 heteroatoms. The molecule has 5 rings (SSSR count). The Morgan fingerprint density at radius 2 is 2.00 bits per heavy atom. The first-order valence-corrected chi connectivity index (χ1v) is 11.1. The summed E-state index contributed by atoms with van der Waals surface area (Å²) in [4.78, 5) is 16.9. The topological polar surface area (TPSA) is 87.0 Å². The van der Waals surface area contributed by atoms with E-state index < -0.39 is 5.91 Å². The van der Waals surface area contributed by atoms with Gasteiger partial charge in [0.25, 0.3) is 5.91 Å². The van der Waals surface area contributed by atoms with Crippen LogP contribution in [0.15, 0.2) is 62.7 Å². The van der Waals surface area contributed by atoms with Gasteiger partial charge >= 0.3 is 0 Å². The van der Waals surface area contributed by atoms with Gasteiger partial charge in [0.05, 0.1) is 22.5 Å². The first-order valence-electron chi connectivity index (χ1n) is 9.52. The summed E-state index contributed by atoms with van der Waals surface area (Å²) >= 11 is 13.6. The van der Waals surface area contributed by atoms with Crippen molar-refractivity contribution >= 4 is 63.0 Å². The second-order valence-corrected chi connectivity index (χ2v) is 8.96. The van der Waals surface area contributed by atoms with Crippen LogP contribution in [0.3, 0.4) is 0 Å². The molecule has 0 aliphatic carbocycles. The number of carbonyl (C=O) groups is 1. The number of rotatable bonds is 3. The van der Waals surface area contributed by atoms with E-state index in [0.717, 1.165) is 22.6 Å². The van der Waals surface area contributed by atoms with E-state index in [1.54, 1.807) is 36.6 Å². The lowest BCUT2D eigenvalue weighted by molar-refractivity contribution is -0.114. The van der Waals surface area contributed by atoms with E-state index in [1.807, 2.05) is 30.5 Å². The molecule has 2 aliphatic heterocycles.